The third kappa shape index (κ3) is 3.09. The van der Waals surface area contributed by atoms with E-state index in [0.29, 0.717) is 0 Å². The highest BCUT2D eigenvalue weighted by molar-refractivity contribution is 7.14. The lowest BCUT2D eigenvalue weighted by Gasteiger charge is -2.26. The van der Waals surface area contributed by atoms with Crippen LogP contribution < -0.4 is 0 Å². The molecule has 4 heteroatoms. The molecule has 1 N–H and O–H groups in total. The minimum absolute atomic E-state index is 0.117. The predicted octanol–water partition coefficient (Wildman–Crippen LogP) is 1.72. The Labute approximate surface area is 105 Å². The summed E-state index contributed by atoms with van der Waals surface area (Å²) in [5.41, 5.74) is 0. The van der Waals surface area contributed by atoms with E-state index in [1.165, 1.54) is 17.8 Å². The molecular weight excluding hydrogens is 234 g/mol. The molecule has 1 aromatic rings. The van der Waals surface area contributed by atoms with Crippen LogP contribution in [0.15, 0.2) is 12.1 Å². The van der Waals surface area contributed by atoms with Crippen LogP contribution in [0.1, 0.15) is 33.8 Å². The largest absolute Gasteiger partial charge is 0.384 e. The molecule has 1 fully saturated rings. The maximum Gasteiger partial charge on any atom is 0.263 e. The van der Waals surface area contributed by atoms with Gasteiger partial charge in [0.25, 0.3) is 5.91 Å². The predicted molar refractivity (Wildman–Crippen MR) is 68.0 cm³/mol. The third-order valence-corrected chi connectivity index (χ3v) is 3.74. The quantitative estimate of drug-likeness (QED) is 0.770. The van der Waals surface area contributed by atoms with E-state index in [1.807, 2.05) is 17.0 Å². The van der Waals surface area contributed by atoms with Crippen LogP contribution in [0, 0.1) is 11.8 Å². The Kier molecular flexibility index (Phi) is 4.18. The highest BCUT2D eigenvalue weighted by Gasteiger charge is 2.19. The van der Waals surface area contributed by atoms with Crippen LogP contribution in [0.4, 0.5) is 0 Å². The molecule has 0 unspecified atom stereocenters. The smallest absolute Gasteiger partial charge is 0.263 e. The fourth-order valence-corrected chi connectivity index (χ4v) is 2.75. The van der Waals surface area contributed by atoms with Crippen molar-refractivity contribution in [3.05, 3.63) is 21.9 Å². The van der Waals surface area contributed by atoms with Crippen molar-refractivity contribution < 1.29 is 9.90 Å². The number of hydrogen-bond acceptors (Lipinski definition) is 3. The Hall–Kier alpha value is -1.31. The number of likely N-dealkylation sites (tertiary alicyclic amines) is 1. The normalized spacial score (nSPS) is 15.2. The summed E-state index contributed by atoms with van der Waals surface area (Å²) in [6, 6.07) is 3.66. The van der Waals surface area contributed by atoms with E-state index >= 15 is 0 Å². The zero-order valence-electron chi connectivity index (χ0n) is 9.61. The molecule has 0 aliphatic carbocycles. The molecule has 1 aliphatic rings. The topological polar surface area (TPSA) is 40.5 Å². The summed E-state index contributed by atoms with van der Waals surface area (Å²) in [4.78, 5) is 15.6. The number of carbonyl (C=O) groups is 1. The van der Waals surface area contributed by atoms with Crippen molar-refractivity contribution in [1.82, 2.24) is 4.90 Å². The summed E-state index contributed by atoms with van der Waals surface area (Å²) >= 11 is 1.40. The molecule has 0 saturated carbocycles. The summed E-state index contributed by atoms with van der Waals surface area (Å²) in [5.74, 6) is 5.53. The van der Waals surface area contributed by atoms with Crippen molar-refractivity contribution in [2.24, 2.45) is 0 Å². The molecule has 1 amide bonds. The van der Waals surface area contributed by atoms with Crippen LogP contribution in [-0.4, -0.2) is 35.6 Å². The summed E-state index contributed by atoms with van der Waals surface area (Å²) < 4.78 is 0. The minimum Gasteiger partial charge on any atom is -0.384 e. The van der Waals surface area contributed by atoms with Gasteiger partial charge in [0.15, 0.2) is 0 Å². The molecule has 0 atom stereocenters. The van der Waals surface area contributed by atoms with Gasteiger partial charge >= 0.3 is 0 Å². The highest BCUT2D eigenvalue weighted by Crippen LogP contribution is 2.19. The lowest BCUT2D eigenvalue weighted by molar-refractivity contribution is 0.0729. The molecule has 1 aliphatic heterocycles. The lowest BCUT2D eigenvalue weighted by Crippen LogP contribution is -2.35. The second-order valence-electron chi connectivity index (χ2n) is 3.98. The Bertz CT molecular complexity index is 449. The van der Waals surface area contributed by atoms with Crippen LogP contribution in [0.2, 0.25) is 0 Å². The van der Waals surface area contributed by atoms with E-state index in [1.54, 1.807) is 0 Å². The maximum atomic E-state index is 12.1. The van der Waals surface area contributed by atoms with Gasteiger partial charge in [0.1, 0.15) is 6.61 Å². The number of aliphatic hydroxyl groups is 1. The molecule has 0 aromatic carbocycles. The fourth-order valence-electron chi connectivity index (χ4n) is 1.90. The van der Waals surface area contributed by atoms with E-state index in [2.05, 4.69) is 11.8 Å². The molecule has 2 heterocycles. The molecule has 3 nitrogen and oxygen atoms in total. The summed E-state index contributed by atoms with van der Waals surface area (Å²) in [6.07, 6.45) is 3.43. The van der Waals surface area contributed by atoms with E-state index in [0.717, 1.165) is 35.7 Å². The van der Waals surface area contributed by atoms with Crippen molar-refractivity contribution >= 4 is 17.2 Å². The standard InChI is InChI=1S/C13H15NO2S/c15-10-4-5-11-6-7-12(17-11)13(16)14-8-2-1-3-9-14/h6-7,15H,1-3,8-10H2. The second-order valence-corrected chi connectivity index (χ2v) is 5.06. The van der Waals surface area contributed by atoms with E-state index in [9.17, 15) is 4.79 Å². The highest BCUT2D eigenvalue weighted by atomic mass is 32.1. The zero-order valence-corrected chi connectivity index (χ0v) is 10.4. The summed E-state index contributed by atoms with van der Waals surface area (Å²) in [6.45, 7) is 1.59. The van der Waals surface area contributed by atoms with Crippen molar-refractivity contribution in [2.45, 2.75) is 19.3 Å². The number of thiophene rings is 1. The second kappa shape index (κ2) is 5.85. The third-order valence-electron chi connectivity index (χ3n) is 2.75. The van der Waals surface area contributed by atoms with Crippen LogP contribution in [-0.2, 0) is 0 Å². The molecule has 1 saturated heterocycles. The van der Waals surface area contributed by atoms with Gasteiger partial charge in [0.05, 0.1) is 9.75 Å². The van der Waals surface area contributed by atoms with Crippen LogP contribution in [0.25, 0.3) is 0 Å². The Morgan fingerprint density at radius 2 is 2.12 bits per heavy atom. The number of hydrogen-bond donors (Lipinski definition) is 1. The maximum absolute atomic E-state index is 12.1. The average Bonchev–Trinajstić information content (AvgIpc) is 2.85. The summed E-state index contributed by atoms with van der Waals surface area (Å²) in [5, 5.41) is 8.60. The number of nitrogens with zero attached hydrogens (tertiary/aromatic N) is 1. The number of amides is 1. The molecule has 17 heavy (non-hydrogen) atoms. The van der Waals surface area contributed by atoms with Crippen LogP contribution in [0.5, 0.6) is 0 Å². The average molecular weight is 249 g/mol. The molecule has 0 bridgehead atoms. The first-order valence-corrected chi connectivity index (χ1v) is 6.62. The van der Waals surface area contributed by atoms with Gasteiger partial charge in [-0.2, -0.15) is 0 Å². The van der Waals surface area contributed by atoms with Gasteiger partial charge < -0.3 is 10.0 Å². The minimum atomic E-state index is -0.146. The van der Waals surface area contributed by atoms with Crippen LogP contribution in [0.3, 0.4) is 0 Å². The van der Waals surface area contributed by atoms with Crippen molar-refractivity contribution in [3.8, 4) is 11.8 Å². The number of piperidine rings is 1. The van der Waals surface area contributed by atoms with Gasteiger partial charge in [-0.1, -0.05) is 11.8 Å². The van der Waals surface area contributed by atoms with Crippen molar-refractivity contribution in [2.75, 3.05) is 19.7 Å². The van der Waals surface area contributed by atoms with E-state index in [4.69, 9.17) is 5.11 Å². The zero-order chi connectivity index (χ0) is 12.1. The molecular formula is C13H15NO2S. The first-order chi connectivity index (χ1) is 8.31. The molecule has 90 valence electrons. The monoisotopic (exact) mass is 249 g/mol. The van der Waals surface area contributed by atoms with Gasteiger partial charge in [0, 0.05) is 13.1 Å². The number of rotatable bonds is 1. The molecule has 2 rings (SSSR count). The van der Waals surface area contributed by atoms with Crippen LogP contribution >= 0.6 is 11.3 Å². The van der Waals surface area contributed by atoms with E-state index < -0.39 is 0 Å². The van der Waals surface area contributed by atoms with E-state index in [-0.39, 0.29) is 12.5 Å². The van der Waals surface area contributed by atoms with Gasteiger partial charge in [-0.05, 0) is 31.4 Å². The Balaban J connectivity index is 2.06. The molecule has 0 radical (unpaired) electrons. The van der Waals surface area contributed by atoms with Crippen molar-refractivity contribution in [1.29, 1.82) is 0 Å². The van der Waals surface area contributed by atoms with Gasteiger partial charge in [-0.25, -0.2) is 0 Å². The Morgan fingerprint density at radius 3 is 2.82 bits per heavy atom. The first-order valence-electron chi connectivity index (χ1n) is 5.80. The SMILES string of the molecule is O=C(c1ccc(C#CCO)s1)N1CCCCC1. The fraction of sp³-hybridized carbons (Fsp3) is 0.462. The number of aliphatic hydroxyl groups excluding tert-OH is 1. The lowest BCUT2D eigenvalue weighted by atomic mass is 10.1. The Morgan fingerprint density at radius 1 is 1.35 bits per heavy atom. The molecule has 0 spiro atoms. The summed E-state index contributed by atoms with van der Waals surface area (Å²) in [7, 11) is 0. The first kappa shape index (κ1) is 12.2. The van der Waals surface area contributed by atoms with Gasteiger partial charge in [-0.15, -0.1) is 11.3 Å². The van der Waals surface area contributed by atoms with Crippen molar-refractivity contribution in [3.63, 3.8) is 0 Å². The van der Waals surface area contributed by atoms with Gasteiger partial charge in [0.2, 0.25) is 0 Å². The van der Waals surface area contributed by atoms with Gasteiger partial charge in [-0.3, -0.25) is 4.79 Å². The molecule has 1 aromatic heterocycles. The number of carbonyl (C=O) groups excluding carboxylic acids is 1.